The molecule has 0 radical (unpaired) electrons. The van der Waals surface area contributed by atoms with E-state index in [0.29, 0.717) is 17.9 Å². The van der Waals surface area contributed by atoms with Crippen molar-refractivity contribution in [3.05, 3.63) is 0 Å². The highest BCUT2D eigenvalue weighted by Crippen LogP contribution is 2.54. The van der Waals surface area contributed by atoms with Crippen LogP contribution in [-0.2, 0) is 4.79 Å². The normalized spacial score (nSPS) is 37.6. The minimum absolute atomic E-state index is 0.363. The van der Waals surface area contributed by atoms with Crippen molar-refractivity contribution >= 4 is 5.91 Å². The zero-order chi connectivity index (χ0) is 12.5. The molecule has 3 unspecified atom stereocenters. The summed E-state index contributed by atoms with van der Waals surface area (Å²) in [5, 5.41) is 3.51. The molecule has 2 aliphatic carbocycles. The first-order chi connectivity index (χ1) is 8.78. The largest absolute Gasteiger partial charge is 0.341 e. The topological polar surface area (TPSA) is 32.3 Å². The zero-order valence-electron chi connectivity index (χ0n) is 11.5. The molecule has 0 bridgehead atoms. The van der Waals surface area contributed by atoms with Gasteiger partial charge in [-0.3, -0.25) is 4.79 Å². The minimum atomic E-state index is 0.363. The third-order valence-corrected chi connectivity index (χ3v) is 5.00. The van der Waals surface area contributed by atoms with Gasteiger partial charge in [-0.1, -0.05) is 6.92 Å². The van der Waals surface area contributed by atoms with Crippen LogP contribution in [0.2, 0.25) is 0 Å². The molecule has 102 valence electrons. The van der Waals surface area contributed by atoms with E-state index in [1.165, 1.54) is 32.1 Å². The maximum atomic E-state index is 12.6. The molecule has 1 aliphatic heterocycles. The van der Waals surface area contributed by atoms with Gasteiger partial charge in [0.2, 0.25) is 5.91 Å². The maximum Gasteiger partial charge on any atom is 0.225 e. The maximum absolute atomic E-state index is 12.6. The van der Waals surface area contributed by atoms with Gasteiger partial charge in [-0.05, 0) is 56.9 Å². The Morgan fingerprint density at radius 1 is 1.28 bits per heavy atom. The number of amides is 1. The smallest absolute Gasteiger partial charge is 0.225 e. The van der Waals surface area contributed by atoms with Crippen molar-refractivity contribution in [2.75, 3.05) is 19.6 Å². The van der Waals surface area contributed by atoms with Crippen molar-refractivity contribution in [2.45, 2.75) is 51.5 Å². The van der Waals surface area contributed by atoms with Crippen molar-refractivity contribution in [1.29, 1.82) is 0 Å². The molecule has 1 heterocycles. The Bertz CT molecular complexity index is 302. The summed E-state index contributed by atoms with van der Waals surface area (Å²) in [6.45, 7) is 5.20. The van der Waals surface area contributed by atoms with E-state index in [1.54, 1.807) is 0 Å². The van der Waals surface area contributed by atoms with Crippen LogP contribution in [0.4, 0.5) is 0 Å². The lowest BCUT2D eigenvalue weighted by molar-refractivity contribution is -0.136. The number of hydrogen-bond donors (Lipinski definition) is 1. The highest BCUT2D eigenvalue weighted by molar-refractivity contribution is 5.79. The molecule has 0 spiro atoms. The monoisotopic (exact) mass is 250 g/mol. The van der Waals surface area contributed by atoms with Gasteiger partial charge in [0.05, 0.1) is 0 Å². The summed E-state index contributed by atoms with van der Waals surface area (Å²) in [6.07, 6.45) is 7.36. The Balaban J connectivity index is 1.55. The third-order valence-electron chi connectivity index (χ3n) is 5.00. The predicted molar refractivity (Wildman–Crippen MR) is 72.2 cm³/mol. The quantitative estimate of drug-likeness (QED) is 0.809. The summed E-state index contributed by atoms with van der Waals surface area (Å²) in [7, 11) is 0. The van der Waals surface area contributed by atoms with Crippen molar-refractivity contribution in [2.24, 2.45) is 17.8 Å². The fourth-order valence-electron chi connectivity index (χ4n) is 3.91. The number of carbonyl (C=O) groups excluding carboxylic acids is 1. The standard InChI is InChI=1S/C15H26N2O/c1-2-6-17(10-14-4-3-5-16-14)15(18)13-8-11-7-12(11)9-13/h11-14,16H,2-10H2,1H3. The summed E-state index contributed by atoms with van der Waals surface area (Å²) in [6, 6.07) is 0.552. The molecule has 3 rings (SSSR count). The first-order valence-corrected chi connectivity index (χ1v) is 7.80. The predicted octanol–water partition coefficient (Wildman–Crippen LogP) is 2.02. The second kappa shape index (κ2) is 5.20. The molecule has 2 saturated carbocycles. The molecule has 3 fully saturated rings. The number of carbonyl (C=O) groups is 1. The van der Waals surface area contributed by atoms with Crippen LogP contribution >= 0.6 is 0 Å². The first-order valence-electron chi connectivity index (χ1n) is 7.80. The molecule has 1 N–H and O–H groups in total. The fraction of sp³-hybridized carbons (Fsp3) is 0.933. The lowest BCUT2D eigenvalue weighted by atomic mass is 10.0. The Kier molecular flexibility index (Phi) is 3.60. The van der Waals surface area contributed by atoms with Crippen LogP contribution in [0.15, 0.2) is 0 Å². The molecule has 3 atom stereocenters. The summed E-state index contributed by atoms with van der Waals surface area (Å²) < 4.78 is 0. The van der Waals surface area contributed by atoms with Crippen molar-refractivity contribution < 1.29 is 4.79 Å². The number of hydrogen-bond acceptors (Lipinski definition) is 2. The minimum Gasteiger partial charge on any atom is -0.341 e. The van der Waals surface area contributed by atoms with E-state index in [4.69, 9.17) is 0 Å². The number of nitrogens with zero attached hydrogens (tertiary/aromatic N) is 1. The average Bonchev–Trinajstić information content (AvgIpc) is 2.83. The van der Waals surface area contributed by atoms with Crippen LogP contribution in [0.5, 0.6) is 0 Å². The van der Waals surface area contributed by atoms with E-state index in [-0.39, 0.29) is 0 Å². The number of nitrogens with one attached hydrogen (secondary N) is 1. The van der Waals surface area contributed by atoms with Gasteiger partial charge in [-0.25, -0.2) is 0 Å². The van der Waals surface area contributed by atoms with Gasteiger partial charge in [-0.15, -0.1) is 0 Å². The second-order valence-corrected chi connectivity index (χ2v) is 6.50. The van der Waals surface area contributed by atoms with Crippen LogP contribution in [0, 0.1) is 17.8 Å². The van der Waals surface area contributed by atoms with E-state index in [0.717, 1.165) is 37.9 Å². The van der Waals surface area contributed by atoms with Gasteiger partial charge in [0, 0.05) is 25.0 Å². The fourth-order valence-corrected chi connectivity index (χ4v) is 3.91. The second-order valence-electron chi connectivity index (χ2n) is 6.50. The molecular weight excluding hydrogens is 224 g/mol. The zero-order valence-corrected chi connectivity index (χ0v) is 11.5. The third kappa shape index (κ3) is 2.56. The molecular formula is C15H26N2O. The average molecular weight is 250 g/mol. The SMILES string of the molecule is CCCN(CC1CCCN1)C(=O)C1CC2CC2C1. The summed E-state index contributed by atoms with van der Waals surface area (Å²) >= 11 is 0. The Labute approximate surface area is 110 Å². The molecule has 1 amide bonds. The van der Waals surface area contributed by atoms with Crippen LogP contribution < -0.4 is 5.32 Å². The molecule has 3 heteroatoms. The van der Waals surface area contributed by atoms with E-state index in [1.807, 2.05) is 0 Å². The van der Waals surface area contributed by atoms with Crippen LogP contribution in [0.3, 0.4) is 0 Å². The lowest BCUT2D eigenvalue weighted by Crippen LogP contribution is -2.43. The van der Waals surface area contributed by atoms with E-state index >= 15 is 0 Å². The van der Waals surface area contributed by atoms with Crippen LogP contribution in [0.25, 0.3) is 0 Å². The van der Waals surface area contributed by atoms with Crippen molar-refractivity contribution in [3.8, 4) is 0 Å². The molecule has 0 aromatic heterocycles. The lowest BCUT2D eigenvalue weighted by Gasteiger charge is -2.28. The van der Waals surface area contributed by atoms with E-state index < -0.39 is 0 Å². The van der Waals surface area contributed by atoms with Gasteiger partial charge >= 0.3 is 0 Å². The highest BCUT2D eigenvalue weighted by atomic mass is 16.2. The number of rotatable bonds is 5. The van der Waals surface area contributed by atoms with E-state index in [2.05, 4.69) is 17.1 Å². The Hall–Kier alpha value is -0.570. The van der Waals surface area contributed by atoms with Crippen LogP contribution in [0.1, 0.15) is 45.4 Å². The van der Waals surface area contributed by atoms with Gasteiger partial charge in [0.25, 0.3) is 0 Å². The molecule has 3 nitrogen and oxygen atoms in total. The van der Waals surface area contributed by atoms with Gasteiger partial charge in [0.1, 0.15) is 0 Å². The molecule has 18 heavy (non-hydrogen) atoms. The van der Waals surface area contributed by atoms with Gasteiger partial charge in [0.15, 0.2) is 0 Å². The summed E-state index contributed by atoms with van der Waals surface area (Å²) in [4.78, 5) is 14.7. The first kappa shape index (κ1) is 12.5. The summed E-state index contributed by atoms with van der Waals surface area (Å²) in [5.41, 5.74) is 0. The summed E-state index contributed by atoms with van der Waals surface area (Å²) in [5.74, 6) is 2.64. The highest BCUT2D eigenvalue weighted by Gasteiger charge is 2.48. The molecule has 3 aliphatic rings. The van der Waals surface area contributed by atoms with Crippen LogP contribution in [-0.4, -0.2) is 36.5 Å². The van der Waals surface area contributed by atoms with Gasteiger partial charge in [-0.2, -0.15) is 0 Å². The van der Waals surface area contributed by atoms with E-state index in [9.17, 15) is 4.79 Å². The Morgan fingerprint density at radius 2 is 2.06 bits per heavy atom. The molecule has 0 aromatic carbocycles. The Morgan fingerprint density at radius 3 is 2.67 bits per heavy atom. The molecule has 0 aromatic rings. The van der Waals surface area contributed by atoms with Gasteiger partial charge < -0.3 is 10.2 Å². The van der Waals surface area contributed by atoms with Crippen molar-refractivity contribution in [1.82, 2.24) is 10.2 Å². The number of fused-ring (bicyclic) bond motifs is 1. The molecule has 1 saturated heterocycles. The van der Waals surface area contributed by atoms with Crippen molar-refractivity contribution in [3.63, 3.8) is 0 Å².